The monoisotopic (exact) mass is 410 g/mol. The maximum absolute atomic E-state index is 13.3. The molecule has 1 aromatic rings. The standard InChI is InChI=1S/C22H26N4O4/c1-3-8-26-17-13-25(14-18(27)24-9-11-30-12-10-24)21(28)19(17)20(23-22(26)29)16-6-4-15(2)5-7-16/h3-7,20H,1,8-14H2,2H3,(H,23,29)/t20-/m1/s1. The second-order valence-corrected chi connectivity index (χ2v) is 7.71. The number of benzene rings is 1. The van der Waals surface area contributed by atoms with Gasteiger partial charge in [0.25, 0.3) is 5.91 Å². The zero-order valence-corrected chi connectivity index (χ0v) is 17.1. The first-order valence-corrected chi connectivity index (χ1v) is 10.1. The lowest BCUT2D eigenvalue weighted by molar-refractivity contribution is -0.140. The summed E-state index contributed by atoms with van der Waals surface area (Å²) >= 11 is 0. The van der Waals surface area contributed by atoms with E-state index in [1.165, 1.54) is 9.80 Å². The predicted molar refractivity (Wildman–Crippen MR) is 110 cm³/mol. The molecule has 1 fully saturated rings. The molecule has 0 unspecified atom stereocenters. The third-order valence-electron chi connectivity index (χ3n) is 5.71. The van der Waals surface area contributed by atoms with Crippen LogP contribution in [0.15, 0.2) is 48.2 Å². The zero-order chi connectivity index (χ0) is 21.3. The van der Waals surface area contributed by atoms with Gasteiger partial charge in [-0.2, -0.15) is 0 Å². The SMILES string of the molecule is C=CCN1C(=O)N[C@H](c2ccc(C)cc2)C2=C1CN(CC(=O)N1CCOCC1)C2=O. The van der Waals surface area contributed by atoms with E-state index in [1.54, 1.807) is 11.0 Å². The average molecular weight is 410 g/mol. The Balaban J connectivity index is 1.61. The maximum atomic E-state index is 13.3. The van der Waals surface area contributed by atoms with Crippen molar-refractivity contribution in [2.75, 3.05) is 45.9 Å². The van der Waals surface area contributed by atoms with Crippen LogP contribution in [0.25, 0.3) is 0 Å². The quantitative estimate of drug-likeness (QED) is 0.740. The Labute approximate surface area is 175 Å². The van der Waals surface area contributed by atoms with Crippen molar-refractivity contribution < 1.29 is 19.1 Å². The van der Waals surface area contributed by atoms with Crippen LogP contribution in [-0.4, -0.2) is 78.5 Å². The van der Waals surface area contributed by atoms with Gasteiger partial charge in [-0.15, -0.1) is 6.58 Å². The molecule has 3 aliphatic heterocycles. The molecule has 0 radical (unpaired) electrons. The summed E-state index contributed by atoms with van der Waals surface area (Å²) in [5, 5.41) is 2.95. The van der Waals surface area contributed by atoms with Gasteiger partial charge in [0.1, 0.15) is 6.54 Å². The van der Waals surface area contributed by atoms with Crippen LogP contribution in [0.3, 0.4) is 0 Å². The van der Waals surface area contributed by atoms with Crippen molar-refractivity contribution in [1.29, 1.82) is 0 Å². The number of aryl methyl sites for hydroxylation is 1. The number of nitrogens with zero attached hydrogens (tertiary/aromatic N) is 3. The molecule has 3 aliphatic rings. The van der Waals surface area contributed by atoms with Gasteiger partial charge in [-0.05, 0) is 12.5 Å². The van der Waals surface area contributed by atoms with Crippen LogP contribution < -0.4 is 5.32 Å². The molecule has 0 bridgehead atoms. The molecule has 3 heterocycles. The summed E-state index contributed by atoms with van der Waals surface area (Å²) in [4.78, 5) is 43.6. The summed E-state index contributed by atoms with van der Waals surface area (Å²) in [6, 6.07) is 6.94. The molecule has 30 heavy (non-hydrogen) atoms. The molecule has 158 valence electrons. The number of carbonyl (C=O) groups is 3. The number of hydrogen-bond donors (Lipinski definition) is 1. The van der Waals surface area contributed by atoms with Crippen LogP contribution in [0.1, 0.15) is 17.2 Å². The lowest BCUT2D eigenvalue weighted by atomic mass is 9.95. The molecule has 0 aromatic heterocycles. The first-order chi connectivity index (χ1) is 14.5. The predicted octanol–water partition coefficient (Wildman–Crippen LogP) is 1.20. The second-order valence-electron chi connectivity index (χ2n) is 7.71. The van der Waals surface area contributed by atoms with Crippen LogP contribution >= 0.6 is 0 Å². The van der Waals surface area contributed by atoms with E-state index in [9.17, 15) is 14.4 Å². The van der Waals surface area contributed by atoms with Crippen LogP contribution in [0.2, 0.25) is 0 Å². The number of rotatable bonds is 5. The van der Waals surface area contributed by atoms with Gasteiger partial charge in [0.15, 0.2) is 0 Å². The molecule has 0 aliphatic carbocycles. The van der Waals surface area contributed by atoms with E-state index in [0.717, 1.165) is 11.1 Å². The molecular weight excluding hydrogens is 384 g/mol. The highest BCUT2D eigenvalue weighted by Crippen LogP contribution is 2.36. The van der Waals surface area contributed by atoms with Gasteiger partial charge in [0.2, 0.25) is 5.91 Å². The zero-order valence-electron chi connectivity index (χ0n) is 17.1. The summed E-state index contributed by atoms with van der Waals surface area (Å²) in [7, 11) is 0. The van der Waals surface area contributed by atoms with E-state index in [0.29, 0.717) is 44.1 Å². The third kappa shape index (κ3) is 3.70. The Kier molecular flexibility index (Phi) is 5.59. The Hall–Kier alpha value is -3.13. The number of amides is 4. The van der Waals surface area contributed by atoms with Crippen LogP contribution in [0, 0.1) is 6.92 Å². The fourth-order valence-corrected chi connectivity index (χ4v) is 4.08. The van der Waals surface area contributed by atoms with E-state index >= 15 is 0 Å². The van der Waals surface area contributed by atoms with Crippen molar-refractivity contribution in [1.82, 2.24) is 20.0 Å². The number of urea groups is 1. The van der Waals surface area contributed by atoms with E-state index in [-0.39, 0.29) is 30.9 Å². The molecule has 1 atom stereocenters. The Morgan fingerprint density at radius 2 is 1.93 bits per heavy atom. The van der Waals surface area contributed by atoms with Gasteiger partial charge < -0.3 is 19.9 Å². The van der Waals surface area contributed by atoms with Crippen LogP contribution in [0.5, 0.6) is 0 Å². The highest BCUT2D eigenvalue weighted by Gasteiger charge is 2.44. The van der Waals surface area contributed by atoms with Crippen LogP contribution in [-0.2, 0) is 14.3 Å². The van der Waals surface area contributed by atoms with E-state index in [2.05, 4.69) is 11.9 Å². The fraction of sp³-hybridized carbons (Fsp3) is 0.409. The van der Waals surface area contributed by atoms with Crippen molar-refractivity contribution in [3.63, 3.8) is 0 Å². The minimum absolute atomic E-state index is 0.0113. The Morgan fingerprint density at radius 1 is 1.23 bits per heavy atom. The normalized spacial score (nSPS) is 21.6. The van der Waals surface area contributed by atoms with Crippen molar-refractivity contribution >= 4 is 17.8 Å². The lowest BCUT2D eigenvalue weighted by Crippen LogP contribution is -2.47. The molecule has 1 aromatic carbocycles. The molecule has 4 rings (SSSR count). The van der Waals surface area contributed by atoms with E-state index in [4.69, 9.17) is 4.74 Å². The number of carbonyl (C=O) groups excluding carboxylic acids is 3. The number of hydrogen-bond acceptors (Lipinski definition) is 4. The molecule has 1 N–H and O–H groups in total. The summed E-state index contributed by atoms with van der Waals surface area (Å²) in [6.45, 7) is 8.30. The lowest BCUT2D eigenvalue weighted by Gasteiger charge is -2.33. The van der Waals surface area contributed by atoms with Gasteiger partial charge in [0.05, 0.1) is 37.1 Å². The van der Waals surface area contributed by atoms with Gasteiger partial charge >= 0.3 is 6.03 Å². The smallest absolute Gasteiger partial charge is 0.322 e. The van der Waals surface area contributed by atoms with Crippen molar-refractivity contribution in [2.45, 2.75) is 13.0 Å². The minimum Gasteiger partial charge on any atom is -0.378 e. The summed E-state index contributed by atoms with van der Waals surface area (Å²) in [5.41, 5.74) is 3.10. The largest absolute Gasteiger partial charge is 0.378 e. The van der Waals surface area contributed by atoms with Crippen molar-refractivity contribution in [2.24, 2.45) is 0 Å². The maximum Gasteiger partial charge on any atom is 0.322 e. The first-order valence-electron chi connectivity index (χ1n) is 10.1. The topological polar surface area (TPSA) is 82.2 Å². The summed E-state index contributed by atoms with van der Waals surface area (Å²) in [5.74, 6) is -0.320. The number of morpholine rings is 1. The summed E-state index contributed by atoms with van der Waals surface area (Å²) in [6.07, 6.45) is 1.63. The average Bonchev–Trinajstić information content (AvgIpc) is 3.07. The molecule has 1 saturated heterocycles. The second kappa shape index (κ2) is 8.31. The highest BCUT2D eigenvalue weighted by atomic mass is 16.5. The molecule has 8 nitrogen and oxygen atoms in total. The molecule has 0 saturated carbocycles. The molecule has 0 spiro atoms. The van der Waals surface area contributed by atoms with Crippen LogP contribution in [0.4, 0.5) is 4.79 Å². The first kappa shape index (κ1) is 20.2. The molecular formula is C22H26N4O4. The van der Waals surface area contributed by atoms with Crippen molar-refractivity contribution in [3.05, 3.63) is 59.3 Å². The summed E-state index contributed by atoms with van der Waals surface area (Å²) < 4.78 is 5.30. The minimum atomic E-state index is -0.537. The highest BCUT2D eigenvalue weighted by molar-refractivity contribution is 6.03. The fourth-order valence-electron chi connectivity index (χ4n) is 4.08. The number of nitrogens with one attached hydrogen (secondary N) is 1. The number of ether oxygens (including phenoxy) is 1. The molecule has 4 amide bonds. The van der Waals surface area contributed by atoms with Crippen molar-refractivity contribution in [3.8, 4) is 0 Å². The van der Waals surface area contributed by atoms with E-state index in [1.807, 2.05) is 31.2 Å². The van der Waals surface area contributed by atoms with Gasteiger partial charge in [-0.25, -0.2) is 4.79 Å². The third-order valence-corrected chi connectivity index (χ3v) is 5.71. The van der Waals surface area contributed by atoms with Gasteiger partial charge in [-0.3, -0.25) is 14.5 Å². The molecule has 8 heteroatoms. The Morgan fingerprint density at radius 3 is 2.60 bits per heavy atom. The Bertz CT molecular complexity index is 902. The van der Waals surface area contributed by atoms with E-state index < -0.39 is 6.04 Å². The van der Waals surface area contributed by atoms with Gasteiger partial charge in [0, 0.05) is 19.6 Å². The van der Waals surface area contributed by atoms with Gasteiger partial charge in [-0.1, -0.05) is 35.9 Å².